The second-order valence-electron chi connectivity index (χ2n) is 5.64. The lowest BCUT2D eigenvalue weighted by Crippen LogP contribution is -2.25. The van der Waals surface area contributed by atoms with Crippen LogP contribution in [-0.4, -0.2) is 24.9 Å². The van der Waals surface area contributed by atoms with E-state index in [1.807, 2.05) is 17.5 Å². The first kappa shape index (κ1) is 17.0. The van der Waals surface area contributed by atoms with Crippen molar-refractivity contribution in [1.82, 2.24) is 10.6 Å². The Morgan fingerprint density at radius 2 is 2.21 bits per heavy atom. The van der Waals surface area contributed by atoms with Crippen LogP contribution < -0.4 is 16.0 Å². The highest BCUT2D eigenvalue weighted by Crippen LogP contribution is 2.22. The molecule has 1 saturated heterocycles. The van der Waals surface area contributed by atoms with Crippen LogP contribution in [0.25, 0.3) is 0 Å². The first-order chi connectivity index (χ1) is 11.6. The zero-order valence-electron chi connectivity index (χ0n) is 13.0. The fourth-order valence-electron chi connectivity index (χ4n) is 2.58. The molecular formula is C17H18ClN3O2S. The topological polar surface area (TPSA) is 70.2 Å². The van der Waals surface area contributed by atoms with Crippen molar-refractivity contribution in [2.24, 2.45) is 5.92 Å². The number of rotatable bonds is 5. The summed E-state index contributed by atoms with van der Waals surface area (Å²) in [5, 5.41) is 11.2. The van der Waals surface area contributed by atoms with E-state index in [0.717, 1.165) is 17.8 Å². The number of carbonyl (C=O) groups is 2. The molecule has 1 fully saturated rings. The van der Waals surface area contributed by atoms with Crippen molar-refractivity contribution in [3.05, 3.63) is 51.2 Å². The molecule has 0 bridgehead atoms. The molecule has 3 rings (SSSR count). The summed E-state index contributed by atoms with van der Waals surface area (Å²) in [6, 6.07) is 8.85. The van der Waals surface area contributed by atoms with Crippen LogP contribution in [0, 0.1) is 5.92 Å². The molecular weight excluding hydrogens is 346 g/mol. The third-order valence-corrected chi connectivity index (χ3v) is 5.12. The second-order valence-corrected chi connectivity index (χ2v) is 7.08. The molecule has 1 aromatic heterocycles. The normalized spacial score (nSPS) is 16.8. The third-order valence-electron chi connectivity index (χ3n) is 3.91. The van der Waals surface area contributed by atoms with Crippen LogP contribution in [0.4, 0.5) is 5.69 Å². The number of amides is 2. The van der Waals surface area contributed by atoms with Crippen LogP contribution in [0.15, 0.2) is 35.7 Å². The molecule has 1 aliphatic rings. The maximum Gasteiger partial charge on any atom is 0.253 e. The minimum atomic E-state index is -0.257. The van der Waals surface area contributed by atoms with Gasteiger partial charge in [-0.3, -0.25) is 9.59 Å². The number of anilines is 1. The van der Waals surface area contributed by atoms with Crippen molar-refractivity contribution in [3.8, 4) is 0 Å². The van der Waals surface area contributed by atoms with Gasteiger partial charge in [0.1, 0.15) is 0 Å². The van der Waals surface area contributed by atoms with Gasteiger partial charge in [0.15, 0.2) is 0 Å². The summed E-state index contributed by atoms with van der Waals surface area (Å²) >= 11 is 7.71. The van der Waals surface area contributed by atoms with Gasteiger partial charge in [-0.25, -0.2) is 0 Å². The smallest absolute Gasteiger partial charge is 0.253 e. The van der Waals surface area contributed by atoms with Gasteiger partial charge in [-0.2, -0.15) is 0 Å². The standard InChI is InChI=1S/C17H18ClN3O2S/c18-15-4-3-12(21-16(22)11-5-6-19-9-11)8-14(15)17(23)20-10-13-2-1-7-24-13/h1-4,7-8,11,19H,5-6,9-10H2,(H,20,23)(H,21,22). The SMILES string of the molecule is O=C(NCc1cccs1)c1cc(NC(=O)C2CCNC2)ccc1Cl. The molecule has 0 spiro atoms. The molecule has 0 radical (unpaired) electrons. The minimum Gasteiger partial charge on any atom is -0.347 e. The summed E-state index contributed by atoms with van der Waals surface area (Å²) in [4.78, 5) is 25.6. The van der Waals surface area contributed by atoms with Gasteiger partial charge in [0.25, 0.3) is 5.91 Å². The lowest BCUT2D eigenvalue weighted by atomic mass is 10.1. The van der Waals surface area contributed by atoms with E-state index in [1.165, 1.54) is 0 Å². The lowest BCUT2D eigenvalue weighted by molar-refractivity contribution is -0.119. The summed E-state index contributed by atoms with van der Waals surface area (Å²) < 4.78 is 0. The van der Waals surface area contributed by atoms with E-state index in [0.29, 0.717) is 29.4 Å². The first-order valence-corrected chi connectivity index (χ1v) is 9.01. The maximum absolute atomic E-state index is 12.3. The Bertz CT molecular complexity index is 727. The summed E-state index contributed by atoms with van der Waals surface area (Å²) in [7, 11) is 0. The second kappa shape index (κ2) is 7.79. The van der Waals surface area contributed by atoms with Gasteiger partial charge in [0.2, 0.25) is 5.91 Å². The molecule has 24 heavy (non-hydrogen) atoms. The van der Waals surface area contributed by atoms with Gasteiger partial charge < -0.3 is 16.0 Å². The highest BCUT2D eigenvalue weighted by Gasteiger charge is 2.22. The van der Waals surface area contributed by atoms with E-state index < -0.39 is 0 Å². The number of carbonyl (C=O) groups excluding carboxylic acids is 2. The molecule has 7 heteroatoms. The zero-order chi connectivity index (χ0) is 16.9. The molecule has 2 amide bonds. The average Bonchev–Trinajstić information content (AvgIpc) is 3.28. The van der Waals surface area contributed by atoms with Crippen molar-refractivity contribution in [3.63, 3.8) is 0 Å². The number of halogens is 1. The number of hydrogen-bond acceptors (Lipinski definition) is 4. The van der Waals surface area contributed by atoms with Crippen molar-refractivity contribution in [2.45, 2.75) is 13.0 Å². The highest BCUT2D eigenvalue weighted by atomic mass is 35.5. The zero-order valence-corrected chi connectivity index (χ0v) is 14.5. The summed E-state index contributed by atoms with van der Waals surface area (Å²) in [6.45, 7) is 2.00. The van der Waals surface area contributed by atoms with Crippen molar-refractivity contribution < 1.29 is 9.59 Å². The summed E-state index contributed by atoms with van der Waals surface area (Å²) in [5.74, 6) is -0.323. The van der Waals surface area contributed by atoms with Crippen molar-refractivity contribution in [2.75, 3.05) is 18.4 Å². The number of hydrogen-bond donors (Lipinski definition) is 3. The van der Waals surface area contributed by atoms with Crippen LogP contribution in [0.3, 0.4) is 0 Å². The predicted molar refractivity (Wildman–Crippen MR) is 96.5 cm³/mol. The van der Waals surface area contributed by atoms with Crippen LogP contribution in [0.2, 0.25) is 5.02 Å². The van der Waals surface area contributed by atoms with E-state index >= 15 is 0 Å². The maximum atomic E-state index is 12.3. The van der Waals surface area contributed by atoms with E-state index in [1.54, 1.807) is 29.5 Å². The van der Waals surface area contributed by atoms with Gasteiger partial charge in [0, 0.05) is 17.1 Å². The van der Waals surface area contributed by atoms with Gasteiger partial charge in [0.05, 0.1) is 23.0 Å². The van der Waals surface area contributed by atoms with E-state index in [-0.39, 0.29) is 17.7 Å². The van der Waals surface area contributed by atoms with Gasteiger partial charge in [-0.05, 0) is 42.6 Å². The molecule has 1 unspecified atom stereocenters. The monoisotopic (exact) mass is 363 g/mol. The van der Waals surface area contributed by atoms with Crippen LogP contribution >= 0.6 is 22.9 Å². The molecule has 3 N–H and O–H groups in total. The Balaban J connectivity index is 1.66. The highest BCUT2D eigenvalue weighted by molar-refractivity contribution is 7.09. The predicted octanol–water partition coefficient (Wildman–Crippen LogP) is 2.88. The Morgan fingerprint density at radius 1 is 1.33 bits per heavy atom. The number of thiophene rings is 1. The Hall–Kier alpha value is -1.89. The molecule has 2 aromatic rings. The largest absolute Gasteiger partial charge is 0.347 e. The Morgan fingerprint density at radius 3 is 2.92 bits per heavy atom. The van der Waals surface area contributed by atoms with Gasteiger partial charge >= 0.3 is 0 Å². The Kier molecular flexibility index (Phi) is 5.50. The van der Waals surface area contributed by atoms with Crippen molar-refractivity contribution >= 4 is 40.4 Å². The number of nitrogens with one attached hydrogen (secondary N) is 3. The lowest BCUT2D eigenvalue weighted by Gasteiger charge is -2.12. The van der Waals surface area contributed by atoms with E-state index in [9.17, 15) is 9.59 Å². The Labute approximate surface area is 149 Å². The first-order valence-electron chi connectivity index (χ1n) is 7.75. The van der Waals surface area contributed by atoms with E-state index in [4.69, 9.17) is 11.6 Å². The third kappa shape index (κ3) is 4.14. The average molecular weight is 364 g/mol. The molecule has 0 saturated carbocycles. The van der Waals surface area contributed by atoms with Crippen LogP contribution in [0.5, 0.6) is 0 Å². The van der Waals surface area contributed by atoms with Crippen LogP contribution in [-0.2, 0) is 11.3 Å². The molecule has 1 atom stereocenters. The number of benzene rings is 1. The summed E-state index contributed by atoms with van der Waals surface area (Å²) in [5.41, 5.74) is 0.938. The fraction of sp³-hybridized carbons (Fsp3) is 0.294. The molecule has 126 valence electrons. The fourth-order valence-corrected chi connectivity index (χ4v) is 3.42. The molecule has 5 nitrogen and oxygen atoms in total. The molecule has 0 aliphatic carbocycles. The quantitative estimate of drug-likeness (QED) is 0.765. The van der Waals surface area contributed by atoms with E-state index in [2.05, 4.69) is 16.0 Å². The molecule has 1 aromatic carbocycles. The van der Waals surface area contributed by atoms with Gasteiger partial charge in [-0.15, -0.1) is 11.3 Å². The minimum absolute atomic E-state index is 0.0308. The van der Waals surface area contributed by atoms with Crippen LogP contribution in [0.1, 0.15) is 21.7 Å². The molecule has 2 heterocycles. The van der Waals surface area contributed by atoms with Crippen molar-refractivity contribution in [1.29, 1.82) is 0 Å². The summed E-state index contributed by atoms with van der Waals surface area (Å²) in [6.07, 6.45) is 0.827. The van der Waals surface area contributed by atoms with Gasteiger partial charge in [-0.1, -0.05) is 17.7 Å². The molecule has 1 aliphatic heterocycles.